The van der Waals surface area contributed by atoms with E-state index in [1.807, 2.05) is 84.9 Å². The summed E-state index contributed by atoms with van der Waals surface area (Å²) in [4.78, 5) is 12.5. The van der Waals surface area contributed by atoms with E-state index in [4.69, 9.17) is 9.47 Å². The Kier molecular flexibility index (Phi) is 10.9. The molecule has 1 saturated heterocycles. The molecule has 0 aliphatic carbocycles. The molecule has 5 aromatic carbocycles. The monoisotopic (exact) mass is 695 g/mol. The second kappa shape index (κ2) is 15.5. The highest BCUT2D eigenvalue weighted by Gasteiger charge is 2.38. The van der Waals surface area contributed by atoms with Crippen LogP contribution in [0.2, 0.25) is 0 Å². The molecule has 8 nitrogen and oxygen atoms in total. The molecule has 1 fully saturated rings. The van der Waals surface area contributed by atoms with Crippen LogP contribution in [-0.4, -0.2) is 36.5 Å². The van der Waals surface area contributed by atoms with Crippen molar-refractivity contribution in [2.24, 2.45) is 5.92 Å². The molecule has 252 valence electrons. The standard InChI is InChI=1S/C39H37NO7S2/c1-26-36(25-48-34-20-18-31(19-21-34)38(42)43)46-39(47-37(26)30-12-10-27(24-41)11-13-30)32-16-14-29(15-17-32)33-7-5-6-28(22-33)23-40-49(44,45)35-8-3-2-4-9-35/h2-22,26,36-37,39-41H,23-25H2,1H3,(H,42,43)/t26-,36+,37+,39+/m0/s1. The highest BCUT2D eigenvalue weighted by atomic mass is 32.2. The van der Waals surface area contributed by atoms with Crippen molar-refractivity contribution in [3.63, 3.8) is 0 Å². The smallest absolute Gasteiger partial charge is 0.335 e. The van der Waals surface area contributed by atoms with Crippen LogP contribution in [-0.2, 0) is 32.6 Å². The van der Waals surface area contributed by atoms with Gasteiger partial charge in [0.15, 0.2) is 6.29 Å². The number of carboxylic acid groups (broad SMARTS) is 1. The summed E-state index contributed by atoms with van der Waals surface area (Å²) in [6.45, 7) is 2.23. The maximum Gasteiger partial charge on any atom is 0.335 e. The molecule has 1 aliphatic heterocycles. The number of nitrogens with one attached hydrogen (secondary N) is 1. The lowest BCUT2D eigenvalue weighted by Crippen LogP contribution is -2.38. The normalized spacial score (nSPS) is 19.4. The molecule has 10 heteroatoms. The predicted molar refractivity (Wildman–Crippen MR) is 189 cm³/mol. The van der Waals surface area contributed by atoms with Gasteiger partial charge in [-0.15, -0.1) is 11.8 Å². The molecular weight excluding hydrogens is 659 g/mol. The molecule has 6 rings (SSSR count). The third-order valence-electron chi connectivity index (χ3n) is 8.60. The van der Waals surface area contributed by atoms with E-state index in [2.05, 4.69) is 11.6 Å². The Morgan fingerprint density at radius 2 is 1.47 bits per heavy atom. The fourth-order valence-electron chi connectivity index (χ4n) is 5.74. The number of ether oxygens (including phenoxy) is 2. The Labute approximate surface area is 290 Å². The van der Waals surface area contributed by atoms with Crippen molar-refractivity contribution < 1.29 is 32.9 Å². The quantitative estimate of drug-likeness (QED) is 0.114. The topological polar surface area (TPSA) is 122 Å². The summed E-state index contributed by atoms with van der Waals surface area (Å²) in [7, 11) is -3.63. The number of hydrogen-bond donors (Lipinski definition) is 3. The lowest BCUT2D eigenvalue weighted by Gasteiger charge is -2.41. The van der Waals surface area contributed by atoms with Gasteiger partial charge in [0.2, 0.25) is 10.0 Å². The number of hydrogen-bond acceptors (Lipinski definition) is 7. The van der Waals surface area contributed by atoms with Gasteiger partial charge < -0.3 is 19.7 Å². The average Bonchev–Trinajstić information content (AvgIpc) is 3.14. The maximum absolute atomic E-state index is 12.7. The molecule has 1 aliphatic rings. The largest absolute Gasteiger partial charge is 0.478 e. The van der Waals surface area contributed by atoms with Crippen molar-refractivity contribution in [2.45, 2.75) is 48.4 Å². The van der Waals surface area contributed by atoms with Crippen LogP contribution in [0.1, 0.15) is 51.9 Å². The van der Waals surface area contributed by atoms with Gasteiger partial charge in [-0.1, -0.05) is 91.9 Å². The van der Waals surface area contributed by atoms with E-state index >= 15 is 0 Å². The zero-order valence-corrected chi connectivity index (χ0v) is 28.4. The molecule has 0 bridgehead atoms. The zero-order valence-electron chi connectivity index (χ0n) is 26.8. The van der Waals surface area contributed by atoms with Crippen molar-refractivity contribution in [3.05, 3.63) is 155 Å². The zero-order chi connectivity index (χ0) is 34.4. The van der Waals surface area contributed by atoms with Gasteiger partial charge in [0, 0.05) is 28.7 Å². The van der Waals surface area contributed by atoms with E-state index in [9.17, 15) is 23.4 Å². The van der Waals surface area contributed by atoms with Crippen molar-refractivity contribution in [3.8, 4) is 11.1 Å². The van der Waals surface area contributed by atoms with Crippen LogP contribution >= 0.6 is 11.8 Å². The van der Waals surface area contributed by atoms with Crippen LogP contribution < -0.4 is 4.72 Å². The molecule has 49 heavy (non-hydrogen) atoms. The number of aliphatic hydroxyl groups excluding tert-OH is 1. The number of thioether (sulfide) groups is 1. The van der Waals surface area contributed by atoms with E-state index in [-0.39, 0.29) is 41.7 Å². The van der Waals surface area contributed by atoms with Crippen molar-refractivity contribution in [2.75, 3.05) is 5.75 Å². The number of aromatic carboxylic acids is 1. The minimum Gasteiger partial charge on any atom is -0.478 e. The Hall–Kier alpha value is -4.29. The SMILES string of the molecule is C[C@H]1[C@@H](CSc2ccc(C(=O)O)cc2)O[C@@H](c2ccc(-c3cccc(CNS(=O)(=O)c4ccccc4)c3)cc2)O[C@H]1c1ccc(CO)cc1. The van der Waals surface area contributed by atoms with Crippen LogP contribution in [0.4, 0.5) is 0 Å². The number of sulfonamides is 1. The average molecular weight is 696 g/mol. The summed E-state index contributed by atoms with van der Waals surface area (Å²) in [5, 5.41) is 18.8. The van der Waals surface area contributed by atoms with Gasteiger partial charge in [-0.2, -0.15) is 0 Å². The third kappa shape index (κ3) is 8.48. The number of carboxylic acids is 1. The molecule has 0 radical (unpaired) electrons. The van der Waals surface area contributed by atoms with Gasteiger partial charge in [-0.3, -0.25) is 0 Å². The van der Waals surface area contributed by atoms with E-state index < -0.39 is 22.3 Å². The van der Waals surface area contributed by atoms with Crippen LogP contribution in [0.5, 0.6) is 0 Å². The molecule has 0 spiro atoms. The van der Waals surface area contributed by atoms with E-state index in [1.165, 1.54) is 0 Å². The molecule has 5 aromatic rings. The Balaban J connectivity index is 1.18. The molecule has 0 unspecified atom stereocenters. The molecule has 3 N–H and O–H groups in total. The molecular formula is C39H37NO7S2. The van der Waals surface area contributed by atoms with E-state index in [0.29, 0.717) is 5.75 Å². The van der Waals surface area contributed by atoms with Crippen LogP contribution in [0.25, 0.3) is 11.1 Å². The molecule has 0 saturated carbocycles. The van der Waals surface area contributed by atoms with E-state index in [1.54, 1.807) is 54.2 Å². The maximum atomic E-state index is 12.7. The first-order valence-corrected chi connectivity index (χ1v) is 18.4. The predicted octanol–water partition coefficient (Wildman–Crippen LogP) is 7.61. The molecule has 1 heterocycles. The van der Waals surface area contributed by atoms with Gasteiger partial charge >= 0.3 is 5.97 Å². The summed E-state index contributed by atoms with van der Waals surface area (Å²) in [6.07, 6.45) is -1.07. The van der Waals surface area contributed by atoms with Crippen molar-refractivity contribution in [1.82, 2.24) is 4.72 Å². The van der Waals surface area contributed by atoms with Crippen molar-refractivity contribution >= 4 is 27.8 Å². The molecule has 0 amide bonds. The first-order valence-electron chi connectivity index (χ1n) is 15.9. The number of aliphatic hydroxyl groups is 1. The van der Waals surface area contributed by atoms with Gasteiger partial charge in [-0.05, 0) is 70.3 Å². The molecule has 0 aromatic heterocycles. The van der Waals surface area contributed by atoms with Gasteiger partial charge in [0.05, 0.1) is 29.3 Å². The second-order valence-electron chi connectivity index (χ2n) is 11.9. The molecule has 4 atom stereocenters. The number of rotatable bonds is 12. The van der Waals surface area contributed by atoms with Gasteiger partial charge in [0.1, 0.15) is 0 Å². The summed E-state index contributed by atoms with van der Waals surface area (Å²) in [6, 6.07) is 38.7. The first-order chi connectivity index (χ1) is 23.7. The third-order valence-corrected chi connectivity index (χ3v) is 11.1. The second-order valence-corrected chi connectivity index (χ2v) is 14.8. The number of carbonyl (C=O) groups is 1. The lowest BCUT2D eigenvalue weighted by molar-refractivity contribution is -0.268. The highest BCUT2D eigenvalue weighted by Crippen LogP contribution is 2.43. The Morgan fingerprint density at radius 3 is 2.14 bits per heavy atom. The minimum atomic E-state index is -3.63. The summed E-state index contributed by atoms with van der Waals surface area (Å²) < 4.78 is 41.3. The van der Waals surface area contributed by atoms with Gasteiger partial charge in [0.25, 0.3) is 0 Å². The lowest BCUT2D eigenvalue weighted by atomic mass is 9.91. The van der Waals surface area contributed by atoms with Gasteiger partial charge in [-0.25, -0.2) is 17.9 Å². The van der Waals surface area contributed by atoms with Crippen LogP contribution in [0.3, 0.4) is 0 Å². The Bertz CT molecular complexity index is 1970. The summed E-state index contributed by atoms with van der Waals surface area (Å²) in [5.74, 6) is -0.318. The van der Waals surface area contributed by atoms with Crippen LogP contribution in [0.15, 0.2) is 137 Å². The van der Waals surface area contributed by atoms with Crippen LogP contribution in [0, 0.1) is 5.92 Å². The highest BCUT2D eigenvalue weighted by molar-refractivity contribution is 7.99. The summed E-state index contributed by atoms with van der Waals surface area (Å²) in [5.41, 5.74) is 5.68. The van der Waals surface area contributed by atoms with Crippen molar-refractivity contribution in [1.29, 1.82) is 0 Å². The summed E-state index contributed by atoms with van der Waals surface area (Å²) >= 11 is 1.61. The number of benzene rings is 5. The first kappa shape index (κ1) is 34.6. The minimum absolute atomic E-state index is 0.00310. The fourth-order valence-corrected chi connectivity index (χ4v) is 7.84. The van der Waals surface area contributed by atoms with E-state index in [0.717, 1.165) is 38.3 Å². The Morgan fingerprint density at radius 1 is 0.776 bits per heavy atom. The fraction of sp³-hybridized carbons (Fsp3) is 0.205.